The molecule has 0 spiro atoms. The van der Waals surface area contributed by atoms with Crippen molar-refractivity contribution in [2.24, 2.45) is 0 Å². The van der Waals surface area contributed by atoms with E-state index >= 15 is 0 Å². The minimum atomic E-state index is -0.270. The van der Waals surface area contributed by atoms with Crippen molar-refractivity contribution in [3.8, 4) is 10.4 Å². The van der Waals surface area contributed by atoms with Gasteiger partial charge >= 0.3 is 0 Å². The van der Waals surface area contributed by atoms with E-state index in [4.69, 9.17) is 11.5 Å². The van der Waals surface area contributed by atoms with Gasteiger partial charge in [0.05, 0.1) is 16.9 Å². The molecule has 3 rings (SSSR count). The molecule has 1 amide bonds. The number of benzene rings is 2. The van der Waals surface area contributed by atoms with Gasteiger partial charge < -0.3 is 16.8 Å². The van der Waals surface area contributed by atoms with Crippen molar-refractivity contribution in [1.29, 1.82) is 0 Å². The zero-order valence-electron chi connectivity index (χ0n) is 11.7. The van der Waals surface area contributed by atoms with E-state index in [-0.39, 0.29) is 5.91 Å². The first kappa shape index (κ1) is 14.2. The van der Waals surface area contributed by atoms with Gasteiger partial charge in [-0.15, -0.1) is 11.3 Å². The molecule has 4 nitrogen and oxygen atoms in total. The predicted octanol–water partition coefficient (Wildman–Crippen LogP) is 3.83. The van der Waals surface area contributed by atoms with Crippen molar-refractivity contribution in [2.45, 2.75) is 0 Å². The van der Waals surface area contributed by atoms with Gasteiger partial charge in [0.2, 0.25) is 0 Å². The summed E-state index contributed by atoms with van der Waals surface area (Å²) >= 11 is 1.68. The van der Waals surface area contributed by atoms with Crippen LogP contribution in [-0.4, -0.2) is 5.91 Å². The Morgan fingerprint density at radius 1 is 0.955 bits per heavy atom. The molecular formula is C17H15N3OS. The summed E-state index contributed by atoms with van der Waals surface area (Å²) < 4.78 is 0. The van der Waals surface area contributed by atoms with Gasteiger partial charge in [-0.1, -0.05) is 24.3 Å². The van der Waals surface area contributed by atoms with Crippen LogP contribution >= 0.6 is 11.3 Å². The lowest BCUT2D eigenvalue weighted by Gasteiger charge is -2.09. The van der Waals surface area contributed by atoms with Crippen LogP contribution in [-0.2, 0) is 0 Å². The number of hydrogen-bond donors (Lipinski definition) is 3. The highest BCUT2D eigenvalue weighted by molar-refractivity contribution is 7.13. The molecule has 0 radical (unpaired) electrons. The molecule has 110 valence electrons. The third kappa shape index (κ3) is 2.80. The second kappa shape index (κ2) is 5.91. The van der Waals surface area contributed by atoms with Crippen molar-refractivity contribution in [1.82, 2.24) is 0 Å². The van der Waals surface area contributed by atoms with E-state index in [1.807, 2.05) is 35.7 Å². The number of hydrogen-bond acceptors (Lipinski definition) is 4. The monoisotopic (exact) mass is 309 g/mol. The average molecular weight is 309 g/mol. The quantitative estimate of drug-likeness (QED) is 0.643. The number of carbonyl (C=O) groups excluding carboxylic acids is 1. The Kier molecular flexibility index (Phi) is 3.80. The van der Waals surface area contributed by atoms with Gasteiger partial charge in [-0.25, -0.2) is 0 Å². The molecule has 0 fully saturated rings. The molecule has 1 heterocycles. The van der Waals surface area contributed by atoms with Crippen LogP contribution < -0.4 is 16.8 Å². The number of rotatable bonds is 3. The first-order valence-electron chi connectivity index (χ1n) is 6.74. The van der Waals surface area contributed by atoms with Gasteiger partial charge in [0.15, 0.2) is 0 Å². The number of nitrogens with two attached hydrogens (primary N) is 2. The standard InChI is InChI=1S/C17H15N3OS/c18-14-4-1-3-13(16(14)19)17(21)20-12-8-6-11(7-9-12)15-5-2-10-22-15/h1-10H,18-19H2,(H,20,21). The van der Waals surface area contributed by atoms with Gasteiger partial charge in [-0.3, -0.25) is 4.79 Å². The zero-order chi connectivity index (χ0) is 15.5. The number of amides is 1. The van der Waals surface area contributed by atoms with E-state index in [1.54, 1.807) is 29.5 Å². The van der Waals surface area contributed by atoms with Gasteiger partial charge in [0.25, 0.3) is 5.91 Å². The maximum Gasteiger partial charge on any atom is 0.257 e. The first-order valence-corrected chi connectivity index (χ1v) is 7.62. The largest absolute Gasteiger partial charge is 0.397 e. The van der Waals surface area contributed by atoms with E-state index < -0.39 is 0 Å². The topological polar surface area (TPSA) is 81.1 Å². The lowest BCUT2D eigenvalue weighted by atomic mass is 10.1. The number of nitrogens with one attached hydrogen (secondary N) is 1. The van der Waals surface area contributed by atoms with E-state index in [0.29, 0.717) is 22.6 Å². The molecule has 0 aliphatic rings. The minimum absolute atomic E-state index is 0.270. The third-order valence-electron chi connectivity index (χ3n) is 3.33. The summed E-state index contributed by atoms with van der Waals surface area (Å²) in [6.07, 6.45) is 0. The minimum Gasteiger partial charge on any atom is -0.397 e. The second-order valence-electron chi connectivity index (χ2n) is 4.82. The van der Waals surface area contributed by atoms with Gasteiger partial charge in [-0.2, -0.15) is 0 Å². The molecule has 3 aromatic rings. The van der Waals surface area contributed by atoms with E-state index in [9.17, 15) is 4.79 Å². The van der Waals surface area contributed by atoms with Crippen molar-refractivity contribution >= 4 is 34.3 Å². The average Bonchev–Trinajstić information content (AvgIpc) is 3.05. The van der Waals surface area contributed by atoms with Crippen LogP contribution in [0.3, 0.4) is 0 Å². The molecule has 0 bridgehead atoms. The molecule has 0 saturated heterocycles. The fraction of sp³-hybridized carbons (Fsp3) is 0. The highest BCUT2D eigenvalue weighted by atomic mass is 32.1. The molecule has 0 saturated carbocycles. The number of thiophene rings is 1. The Morgan fingerprint density at radius 2 is 1.73 bits per heavy atom. The van der Waals surface area contributed by atoms with Crippen molar-refractivity contribution in [2.75, 3.05) is 16.8 Å². The lowest BCUT2D eigenvalue weighted by Crippen LogP contribution is -2.14. The SMILES string of the molecule is Nc1cccc(C(=O)Nc2ccc(-c3cccs3)cc2)c1N. The van der Waals surface area contributed by atoms with E-state index in [1.165, 1.54) is 4.88 Å². The number of anilines is 3. The maximum absolute atomic E-state index is 12.3. The Labute approximate surface area is 132 Å². The van der Waals surface area contributed by atoms with Crippen LogP contribution in [0, 0.1) is 0 Å². The van der Waals surface area contributed by atoms with Crippen LogP contribution in [0.15, 0.2) is 60.0 Å². The predicted molar refractivity (Wildman–Crippen MR) is 93.0 cm³/mol. The summed E-state index contributed by atoms with van der Waals surface area (Å²) in [4.78, 5) is 13.4. The van der Waals surface area contributed by atoms with Crippen LogP contribution in [0.4, 0.5) is 17.1 Å². The molecule has 0 atom stereocenters. The third-order valence-corrected chi connectivity index (χ3v) is 4.25. The van der Waals surface area contributed by atoms with E-state index in [0.717, 1.165) is 5.56 Å². The number of nitrogen functional groups attached to an aromatic ring is 2. The van der Waals surface area contributed by atoms with Crippen molar-refractivity contribution in [3.63, 3.8) is 0 Å². The Morgan fingerprint density at radius 3 is 2.41 bits per heavy atom. The van der Waals surface area contributed by atoms with Gasteiger partial charge in [0.1, 0.15) is 0 Å². The van der Waals surface area contributed by atoms with Crippen LogP contribution in [0.1, 0.15) is 10.4 Å². The smallest absolute Gasteiger partial charge is 0.257 e. The highest BCUT2D eigenvalue weighted by Gasteiger charge is 2.11. The summed E-state index contributed by atoms with van der Waals surface area (Å²) in [5.74, 6) is -0.270. The Hall–Kier alpha value is -2.79. The van der Waals surface area contributed by atoms with Crippen molar-refractivity contribution < 1.29 is 4.79 Å². The number of para-hydroxylation sites is 1. The van der Waals surface area contributed by atoms with Crippen LogP contribution in [0.2, 0.25) is 0 Å². The lowest BCUT2D eigenvalue weighted by molar-refractivity contribution is 0.102. The van der Waals surface area contributed by atoms with Gasteiger partial charge in [0, 0.05) is 10.6 Å². The summed E-state index contributed by atoms with van der Waals surface area (Å²) in [5, 5.41) is 4.86. The normalized spacial score (nSPS) is 10.4. The molecule has 1 aromatic heterocycles. The second-order valence-corrected chi connectivity index (χ2v) is 5.76. The Balaban J connectivity index is 1.78. The number of carbonyl (C=O) groups is 1. The fourth-order valence-electron chi connectivity index (χ4n) is 2.14. The van der Waals surface area contributed by atoms with Crippen molar-refractivity contribution in [3.05, 3.63) is 65.5 Å². The zero-order valence-corrected chi connectivity index (χ0v) is 12.6. The molecule has 2 aromatic carbocycles. The van der Waals surface area contributed by atoms with E-state index in [2.05, 4.69) is 11.4 Å². The molecule has 0 unspecified atom stereocenters. The first-order chi connectivity index (χ1) is 10.6. The Bertz CT molecular complexity index is 795. The summed E-state index contributed by atoms with van der Waals surface area (Å²) in [6, 6.07) is 16.8. The molecule has 0 aliphatic carbocycles. The molecular weight excluding hydrogens is 294 g/mol. The van der Waals surface area contributed by atoms with Crippen LogP contribution in [0.25, 0.3) is 10.4 Å². The highest BCUT2D eigenvalue weighted by Crippen LogP contribution is 2.26. The molecule has 5 heteroatoms. The summed E-state index contributed by atoms with van der Waals surface area (Å²) in [7, 11) is 0. The fourth-order valence-corrected chi connectivity index (χ4v) is 2.87. The molecule has 5 N–H and O–H groups in total. The van der Waals surface area contributed by atoms with Crippen LogP contribution in [0.5, 0.6) is 0 Å². The molecule has 22 heavy (non-hydrogen) atoms. The maximum atomic E-state index is 12.3. The molecule has 0 aliphatic heterocycles. The summed E-state index contributed by atoms with van der Waals surface area (Å²) in [5.41, 5.74) is 14.5. The van der Waals surface area contributed by atoms with Gasteiger partial charge in [-0.05, 0) is 41.3 Å². The summed E-state index contributed by atoms with van der Waals surface area (Å²) in [6.45, 7) is 0.